The van der Waals surface area contributed by atoms with Crippen molar-refractivity contribution in [3.8, 4) is 11.3 Å². The summed E-state index contributed by atoms with van der Waals surface area (Å²) in [6, 6.07) is 10.6. The molecule has 0 radical (unpaired) electrons. The zero-order valence-corrected chi connectivity index (χ0v) is 21.3. The highest BCUT2D eigenvalue weighted by Gasteiger charge is 2.28. The van der Waals surface area contributed by atoms with Crippen molar-refractivity contribution in [3.05, 3.63) is 72.8 Å². The highest BCUT2D eigenvalue weighted by Crippen LogP contribution is 2.35. The van der Waals surface area contributed by atoms with Gasteiger partial charge in [-0.2, -0.15) is 0 Å². The number of thiol groups is 1. The Morgan fingerprint density at radius 1 is 1.00 bits per heavy atom. The molecule has 10 heteroatoms. The number of hydrogen-bond acceptors (Lipinski definition) is 7. The summed E-state index contributed by atoms with van der Waals surface area (Å²) in [5.74, 6) is -0.194. The first-order chi connectivity index (χ1) is 17.7. The smallest absolute Gasteiger partial charge is 0.150 e. The van der Waals surface area contributed by atoms with Crippen molar-refractivity contribution in [3.63, 3.8) is 0 Å². The third-order valence-corrected chi connectivity index (χ3v) is 7.58. The Bertz CT molecular complexity index is 1300. The number of anilines is 1. The average Bonchev–Trinajstić information content (AvgIpc) is 3.64. The summed E-state index contributed by atoms with van der Waals surface area (Å²) in [4.78, 5) is 13.6. The maximum atomic E-state index is 15.1. The van der Waals surface area contributed by atoms with Crippen LogP contribution in [0.3, 0.4) is 0 Å². The normalized spacial score (nSPS) is 16.2. The van der Waals surface area contributed by atoms with Gasteiger partial charge in [0.15, 0.2) is 11.6 Å². The number of rotatable bonds is 6. The number of aromatic nitrogens is 3. The summed E-state index contributed by atoms with van der Waals surface area (Å²) >= 11 is 3.80. The van der Waals surface area contributed by atoms with Crippen LogP contribution < -0.4 is 4.90 Å². The SMILES string of the molecule is Fc1cc(Sn2ccc3c(-c4ccccn4)cncc32)cc(F)c1N1CCN(CC2CC2)CC1.OS. The van der Waals surface area contributed by atoms with Crippen molar-refractivity contribution in [2.75, 3.05) is 37.6 Å². The van der Waals surface area contributed by atoms with Crippen molar-refractivity contribution in [2.45, 2.75) is 17.7 Å². The Labute approximate surface area is 218 Å². The summed E-state index contributed by atoms with van der Waals surface area (Å²) in [6.45, 7) is 4.13. The molecule has 6 rings (SSSR count). The number of fused-ring (bicyclic) bond motifs is 1. The molecule has 1 N–H and O–H groups in total. The molecule has 1 saturated carbocycles. The highest BCUT2D eigenvalue weighted by molar-refractivity contribution is 7.98. The number of pyridine rings is 2. The van der Waals surface area contributed by atoms with Crippen LogP contribution in [0.15, 0.2) is 66.1 Å². The first-order valence-electron chi connectivity index (χ1n) is 11.9. The minimum atomic E-state index is -0.512. The molecule has 188 valence electrons. The van der Waals surface area contributed by atoms with Crippen molar-refractivity contribution in [1.82, 2.24) is 18.8 Å². The Hall–Kier alpha value is -2.66. The van der Waals surface area contributed by atoms with Crippen LogP contribution in [-0.2, 0) is 0 Å². The van der Waals surface area contributed by atoms with Gasteiger partial charge >= 0.3 is 0 Å². The second-order valence-corrected chi connectivity index (χ2v) is 10.1. The number of benzene rings is 1. The molecule has 3 aromatic heterocycles. The van der Waals surface area contributed by atoms with E-state index in [9.17, 15) is 0 Å². The van der Waals surface area contributed by atoms with Gasteiger partial charge in [0.25, 0.3) is 0 Å². The van der Waals surface area contributed by atoms with Crippen LogP contribution in [0.4, 0.5) is 14.5 Å². The molecule has 1 aliphatic carbocycles. The maximum Gasteiger partial charge on any atom is 0.150 e. The molecule has 1 aliphatic heterocycles. The van der Waals surface area contributed by atoms with Gasteiger partial charge in [-0.1, -0.05) is 6.07 Å². The van der Waals surface area contributed by atoms with Crippen LogP contribution in [0.5, 0.6) is 0 Å². The van der Waals surface area contributed by atoms with Gasteiger partial charge in [0.2, 0.25) is 0 Å². The molecule has 2 fully saturated rings. The predicted molar refractivity (Wildman–Crippen MR) is 144 cm³/mol. The second-order valence-electron chi connectivity index (χ2n) is 9.03. The molecule has 0 atom stereocenters. The predicted octanol–water partition coefficient (Wildman–Crippen LogP) is 5.85. The molecule has 1 saturated heterocycles. The highest BCUT2D eigenvalue weighted by atomic mass is 32.2. The number of halogens is 2. The zero-order valence-electron chi connectivity index (χ0n) is 19.6. The third kappa shape index (κ3) is 5.36. The van der Waals surface area contributed by atoms with E-state index in [0.717, 1.165) is 47.7 Å². The molecule has 0 bridgehead atoms. The van der Waals surface area contributed by atoms with E-state index in [1.54, 1.807) is 18.6 Å². The average molecular weight is 528 g/mol. The van der Waals surface area contributed by atoms with E-state index in [2.05, 4.69) is 27.8 Å². The molecular formula is C26H27F2N5OS2. The van der Waals surface area contributed by atoms with Crippen LogP contribution in [-0.4, -0.2) is 56.1 Å². The standard InChI is InChI=1S/C26H25F2N5S.H2OS/c27-22-13-19(14-23(28)26(22)32-11-9-31(10-12-32)17-18-4-5-18)34-33-8-6-20-21(15-29-16-25(20)33)24-3-1-2-7-30-24;1-2/h1-3,6-8,13-16,18H,4-5,9-12,17H2;1-2H. The van der Waals surface area contributed by atoms with Crippen molar-refractivity contribution < 1.29 is 13.3 Å². The Kier molecular flexibility index (Phi) is 7.76. The topological polar surface area (TPSA) is 57.4 Å². The molecule has 1 aromatic carbocycles. The fraction of sp³-hybridized carbons (Fsp3) is 0.308. The molecule has 6 nitrogen and oxygen atoms in total. The van der Waals surface area contributed by atoms with E-state index in [-0.39, 0.29) is 5.69 Å². The quantitative estimate of drug-likeness (QED) is 0.242. The van der Waals surface area contributed by atoms with E-state index in [4.69, 9.17) is 4.55 Å². The first kappa shape index (κ1) is 25.0. The Morgan fingerprint density at radius 3 is 2.42 bits per heavy atom. The molecule has 4 heterocycles. The number of hydrogen-bond donors (Lipinski definition) is 2. The largest absolute Gasteiger partial charge is 0.364 e. The molecule has 2 aliphatic rings. The van der Waals surface area contributed by atoms with Crippen molar-refractivity contribution in [2.24, 2.45) is 5.92 Å². The first-order valence-corrected chi connectivity index (χ1v) is 13.0. The number of nitrogens with zero attached hydrogens (tertiary/aromatic N) is 5. The van der Waals surface area contributed by atoms with E-state index in [1.807, 2.05) is 39.3 Å². The Morgan fingerprint density at radius 2 is 1.75 bits per heavy atom. The van der Waals surface area contributed by atoms with Gasteiger partial charge in [-0.25, -0.2) is 8.78 Å². The van der Waals surface area contributed by atoms with E-state index >= 15 is 8.78 Å². The van der Waals surface area contributed by atoms with Gasteiger partial charge in [0, 0.05) is 67.2 Å². The fourth-order valence-corrected chi connectivity index (χ4v) is 5.57. The molecule has 0 unspecified atom stereocenters. The molecule has 0 amide bonds. The summed E-state index contributed by atoms with van der Waals surface area (Å²) in [5.41, 5.74) is 2.71. The molecule has 0 spiro atoms. The van der Waals surface area contributed by atoms with Gasteiger partial charge in [-0.15, -0.1) is 0 Å². The number of piperazine rings is 1. The maximum absolute atomic E-state index is 15.1. The lowest BCUT2D eigenvalue weighted by Gasteiger charge is -2.36. The van der Waals surface area contributed by atoms with E-state index in [1.165, 1.54) is 36.9 Å². The minimum absolute atomic E-state index is 0.0897. The lowest BCUT2D eigenvalue weighted by Crippen LogP contribution is -2.47. The van der Waals surface area contributed by atoms with E-state index in [0.29, 0.717) is 18.0 Å². The summed E-state index contributed by atoms with van der Waals surface area (Å²) < 4.78 is 38.8. The lowest BCUT2D eigenvalue weighted by molar-refractivity contribution is 0.247. The van der Waals surface area contributed by atoms with Gasteiger partial charge in [0.1, 0.15) is 5.69 Å². The monoisotopic (exact) mass is 527 g/mol. The van der Waals surface area contributed by atoms with Crippen molar-refractivity contribution >= 4 is 41.4 Å². The van der Waals surface area contributed by atoms with Gasteiger partial charge in [-0.05, 0) is 73.9 Å². The van der Waals surface area contributed by atoms with E-state index < -0.39 is 11.6 Å². The fourth-order valence-electron chi connectivity index (χ4n) is 4.67. The summed E-state index contributed by atoms with van der Waals surface area (Å²) in [7, 11) is 0. The molecule has 4 aromatic rings. The summed E-state index contributed by atoms with van der Waals surface area (Å²) in [5, 5.41) is 0.989. The van der Waals surface area contributed by atoms with Crippen LogP contribution in [0, 0.1) is 17.6 Å². The Balaban J connectivity index is 0.00000130. The van der Waals surface area contributed by atoms with Crippen molar-refractivity contribution in [1.29, 1.82) is 0 Å². The lowest BCUT2D eigenvalue weighted by atomic mass is 10.1. The van der Waals surface area contributed by atoms with Crippen LogP contribution in [0.1, 0.15) is 12.8 Å². The molecule has 36 heavy (non-hydrogen) atoms. The zero-order chi connectivity index (χ0) is 25.1. The van der Waals surface area contributed by atoms with Gasteiger partial charge in [0.05, 0.1) is 17.4 Å². The van der Waals surface area contributed by atoms with Crippen LogP contribution in [0.2, 0.25) is 0 Å². The second kappa shape index (κ2) is 11.2. The van der Waals surface area contributed by atoms with Crippen LogP contribution in [0.25, 0.3) is 22.2 Å². The summed E-state index contributed by atoms with van der Waals surface area (Å²) in [6.07, 6.45) is 9.83. The molecular weight excluding hydrogens is 500 g/mol. The third-order valence-electron chi connectivity index (χ3n) is 6.62. The minimum Gasteiger partial charge on any atom is -0.364 e. The van der Waals surface area contributed by atoms with Crippen LogP contribution >= 0.6 is 24.9 Å². The van der Waals surface area contributed by atoms with Gasteiger partial charge in [-0.3, -0.25) is 18.8 Å². The van der Waals surface area contributed by atoms with Gasteiger partial charge < -0.3 is 9.45 Å².